The van der Waals surface area contributed by atoms with Crippen LogP contribution in [0.3, 0.4) is 0 Å². The van der Waals surface area contributed by atoms with Crippen LogP contribution in [0.15, 0.2) is 24.3 Å². The van der Waals surface area contributed by atoms with E-state index >= 15 is 0 Å². The van der Waals surface area contributed by atoms with E-state index in [0.717, 1.165) is 24.0 Å². The molecule has 0 amide bonds. The van der Waals surface area contributed by atoms with Crippen LogP contribution in [0, 0.1) is 0 Å². The third-order valence-electron chi connectivity index (χ3n) is 2.88. The number of thioether (sulfide) groups is 1. The number of alkyl halides is 3. The summed E-state index contributed by atoms with van der Waals surface area (Å²) < 4.78 is 38.6. The minimum Gasteiger partial charge on any atom is -0.396 e. The number of hydrogen-bond donors (Lipinski definition) is 2. The van der Waals surface area contributed by atoms with Gasteiger partial charge in [-0.3, -0.25) is 0 Å². The van der Waals surface area contributed by atoms with Crippen molar-refractivity contribution in [1.82, 2.24) is 5.32 Å². The zero-order valence-electron chi connectivity index (χ0n) is 11.4. The monoisotopic (exact) mass is 307 g/mol. The molecule has 2 N–H and O–H groups in total. The van der Waals surface area contributed by atoms with Gasteiger partial charge in [0.25, 0.3) is 0 Å². The lowest BCUT2D eigenvalue weighted by Crippen LogP contribution is -2.24. The van der Waals surface area contributed by atoms with Gasteiger partial charge >= 0.3 is 6.18 Å². The van der Waals surface area contributed by atoms with Crippen molar-refractivity contribution >= 4 is 11.8 Å². The summed E-state index contributed by atoms with van der Waals surface area (Å²) in [5.74, 6) is 1.68. The largest absolute Gasteiger partial charge is 0.416 e. The molecule has 0 spiro atoms. The van der Waals surface area contributed by atoms with Gasteiger partial charge in [0.15, 0.2) is 0 Å². The summed E-state index contributed by atoms with van der Waals surface area (Å²) in [7, 11) is 0. The molecule has 0 aliphatic rings. The minimum absolute atomic E-state index is 0.176. The summed E-state index contributed by atoms with van der Waals surface area (Å²) in [5, 5.41) is 11.7. The topological polar surface area (TPSA) is 32.3 Å². The summed E-state index contributed by atoms with van der Waals surface area (Å²) >= 11 is 1.68. The van der Waals surface area contributed by atoms with E-state index in [1.807, 2.05) is 0 Å². The van der Waals surface area contributed by atoms with E-state index in [9.17, 15) is 13.2 Å². The van der Waals surface area contributed by atoms with Crippen molar-refractivity contribution < 1.29 is 18.3 Å². The van der Waals surface area contributed by atoms with Gasteiger partial charge in [0.1, 0.15) is 0 Å². The molecule has 0 saturated heterocycles. The molecule has 6 heteroatoms. The van der Waals surface area contributed by atoms with Gasteiger partial charge in [0.05, 0.1) is 5.56 Å². The smallest absolute Gasteiger partial charge is 0.396 e. The lowest BCUT2D eigenvalue weighted by atomic mass is 10.0. The summed E-state index contributed by atoms with van der Waals surface area (Å²) in [6.07, 6.45) is -3.57. The molecule has 1 aromatic rings. The van der Waals surface area contributed by atoms with Crippen LogP contribution in [-0.4, -0.2) is 29.8 Å². The predicted molar refractivity (Wildman–Crippen MR) is 76.9 cm³/mol. The van der Waals surface area contributed by atoms with Crippen LogP contribution in [0.2, 0.25) is 0 Å². The van der Waals surface area contributed by atoms with Crippen molar-refractivity contribution in [3.05, 3.63) is 35.4 Å². The van der Waals surface area contributed by atoms with Crippen molar-refractivity contribution in [3.8, 4) is 0 Å². The van der Waals surface area contributed by atoms with Crippen LogP contribution in [0.5, 0.6) is 0 Å². The molecule has 0 heterocycles. The lowest BCUT2D eigenvalue weighted by Gasteiger charge is -2.19. The average Bonchev–Trinajstić information content (AvgIpc) is 2.41. The fraction of sp³-hybridized carbons (Fsp3) is 0.571. The third-order valence-corrected chi connectivity index (χ3v) is 3.95. The number of halogens is 3. The highest BCUT2D eigenvalue weighted by Gasteiger charge is 2.33. The van der Waals surface area contributed by atoms with Crippen LogP contribution in [0.25, 0.3) is 0 Å². The van der Waals surface area contributed by atoms with Gasteiger partial charge in [-0.15, -0.1) is 0 Å². The van der Waals surface area contributed by atoms with Crippen LogP contribution < -0.4 is 5.32 Å². The van der Waals surface area contributed by atoms with Crippen molar-refractivity contribution in [2.45, 2.75) is 25.6 Å². The van der Waals surface area contributed by atoms with Crippen LogP contribution in [0.1, 0.15) is 30.5 Å². The fourth-order valence-corrected chi connectivity index (χ4v) is 2.66. The summed E-state index contributed by atoms with van der Waals surface area (Å²) in [5.41, 5.74) is -0.298. The number of aliphatic hydroxyl groups excluding tert-OH is 1. The third kappa shape index (κ3) is 5.73. The standard InChI is InChI=1S/C14H20F3NOS/c1-11(18-7-10-20-9-4-8-19)12-5-2-3-6-13(12)14(15,16)17/h2-3,5-6,11,18-19H,4,7-10H2,1H3. The fourth-order valence-electron chi connectivity index (χ4n) is 1.86. The molecule has 0 fully saturated rings. The number of benzene rings is 1. The molecule has 114 valence electrons. The van der Waals surface area contributed by atoms with E-state index in [2.05, 4.69) is 5.32 Å². The average molecular weight is 307 g/mol. The van der Waals surface area contributed by atoms with E-state index in [4.69, 9.17) is 5.11 Å². The summed E-state index contributed by atoms with van der Waals surface area (Å²) in [4.78, 5) is 0. The molecular formula is C14H20F3NOS. The molecule has 0 saturated carbocycles. The van der Waals surface area contributed by atoms with Gasteiger partial charge in [-0.05, 0) is 30.7 Å². The Labute approximate surface area is 121 Å². The maximum atomic E-state index is 12.9. The number of aliphatic hydroxyl groups is 1. The lowest BCUT2D eigenvalue weighted by molar-refractivity contribution is -0.138. The Morgan fingerprint density at radius 2 is 1.95 bits per heavy atom. The first kappa shape index (κ1) is 17.3. The Hall–Kier alpha value is -0.720. The Balaban J connectivity index is 2.49. The molecule has 1 unspecified atom stereocenters. The molecule has 1 rings (SSSR count). The van der Waals surface area contributed by atoms with E-state index in [1.54, 1.807) is 24.8 Å². The van der Waals surface area contributed by atoms with Gasteiger partial charge < -0.3 is 10.4 Å². The molecule has 1 aromatic carbocycles. The van der Waals surface area contributed by atoms with Crippen LogP contribution >= 0.6 is 11.8 Å². The second kappa shape index (κ2) is 8.54. The quantitative estimate of drug-likeness (QED) is 0.721. The Kier molecular flexibility index (Phi) is 7.40. The van der Waals surface area contributed by atoms with Gasteiger partial charge in [-0.1, -0.05) is 18.2 Å². The van der Waals surface area contributed by atoms with Crippen molar-refractivity contribution in [2.75, 3.05) is 24.7 Å². The Morgan fingerprint density at radius 3 is 2.60 bits per heavy atom. The highest BCUT2D eigenvalue weighted by atomic mass is 32.2. The van der Waals surface area contributed by atoms with Crippen molar-refractivity contribution in [3.63, 3.8) is 0 Å². The zero-order chi connectivity index (χ0) is 15.0. The maximum Gasteiger partial charge on any atom is 0.416 e. The summed E-state index contributed by atoms with van der Waals surface area (Å²) in [6.45, 7) is 2.56. The molecular weight excluding hydrogens is 287 g/mol. The molecule has 2 nitrogen and oxygen atoms in total. The SMILES string of the molecule is CC(NCCSCCCO)c1ccccc1C(F)(F)F. The van der Waals surface area contributed by atoms with Crippen LogP contribution in [0.4, 0.5) is 13.2 Å². The van der Waals surface area contributed by atoms with Gasteiger partial charge in [-0.2, -0.15) is 24.9 Å². The highest BCUT2D eigenvalue weighted by molar-refractivity contribution is 7.99. The molecule has 0 aromatic heterocycles. The molecule has 0 radical (unpaired) electrons. The van der Waals surface area contributed by atoms with Gasteiger partial charge in [-0.25, -0.2) is 0 Å². The van der Waals surface area contributed by atoms with Gasteiger partial charge in [0, 0.05) is 24.9 Å². The number of hydrogen-bond acceptors (Lipinski definition) is 3. The molecule has 0 aliphatic carbocycles. The van der Waals surface area contributed by atoms with E-state index < -0.39 is 11.7 Å². The summed E-state index contributed by atoms with van der Waals surface area (Å²) in [6, 6.07) is 5.32. The Morgan fingerprint density at radius 1 is 1.25 bits per heavy atom. The van der Waals surface area contributed by atoms with Crippen molar-refractivity contribution in [1.29, 1.82) is 0 Å². The molecule has 20 heavy (non-hydrogen) atoms. The first-order valence-corrected chi connectivity index (χ1v) is 7.70. The van der Waals surface area contributed by atoms with E-state index in [0.29, 0.717) is 6.54 Å². The molecule has 1 atom stereocenters. The van der Waals surface area contributed by atoms with E-state index in [-0.39, 0.29) is 18.2 Å². The number of nitrogens with one attached hydrogen (secondary N) is 1. The first-order chi connectivity index (χ1) is 9.46. The minimum atomic E-state index is -4.32. The highest BCUT2D eigenvalue weighted by Crippen LogP contribution is 2.34. The molecule has 0 aliphatic heterocycles. The normalized spacial score (nSPS) is 13.4. The first-order valence-electron chi connectivity index (χ1n) is 6.55. The number of rotatable bonds is 8. The maximum absolute atomic E-state index is 12.9. The second-order valence-electron chi connectivity index (χ2n) is 4.45. The predicted octanol–water partition coefficient (Wildman–Crippen LogP) is 3.47. The van der Waals surface area contributed by atoms with Crippen LogP contribution in [-0.2, 0) is 6.18 Å². The molecule has 0 bridgehead atoms. The zero-order valence-corrected chi connectivity index (χ0v) is 12.2. The van der Waals surface area contributed by atoms with Crippen molar-refractivity contribution in [2.24, 2.45) is 0 Å². The Bertz CT molecular complexity index is 398. The van der Waals surface area contributed by atoms with Gasteiger partial charge in [0.2, 0.25) is 0 Å². The van der Waals surface area contributed by atoms with E-state index in [1.165, 1.54) is 12.1 Å². The second-order valence-corrected chi connectivity index (χ2v) is 5.68.